The number of nitrogens with zero attached hydrogens (tertiary/aromatic N) is 2. The van der Waals surface area contributed by atoms with E-state index in [0.717, 1.165) is 5.56 Å². The number of hydrogen-bond acceptors (Lipinski definition) is 6. The zero-order chi connectivity index (χ0) is 18.9. The van der Waals surface area contributed by atoms with E-state index in [-0.39, 0.29) is 16.6 Å². The number of aromatic nitrogens is 1. The molecule has 7 nitrogen and oxygen atoms in total. The monoisotopic (exact) mass is 371 g/mol. The van der Waals surface area contributed by atoms with Crippen LogP contribution in [0.1, 0.15) is 18.5 Å². The van der Waals surface area contributed by atoms with Crippen LogP contribution in [0.2, 0.25) is 0 Å². The molecule has 134 valence electrons. The molecule has 0 saturated carbocycles. The van der Waals surface area contributed by atoms with E-state index >= 15 is 0 Å². The highest BCUT2D eigenvalue weighted by atomic mass is 32.2. The smallest absolute Gasteiger partial charge is 0.278 e. The molecule has 0 radical (unpaired) electrons. The number of nitrogens with one attached hydrogen (secondary N) is 1. The average Bonchev–Trinajstić information content (AvgIpc) is 2.61. The van der Waals surface area contributed by atoms with E-state index in [1.54, 1.807) is 48.7 Å². The fourth-order valence-corrected chi connectivity index (χ4v) is 3.38. The molecule has 0 amide bonds. The summed E-state index contributed by atoms with van der Waals surface area (Å²) in [5.41, 5.74) is 2.08. The fourth-order valence-electron chi connectivity index (χ4n) is 2.75. The predicted molar refractivity (Wildman–Crippen MR) is 100.0 cm³/mol. The molecule has 1 N–H and O–H groups in total. The third-order valence-electron chi connectivity index (χ3n) is 4.12. The summed E-state index contributed by atoms with van der Waals surface area (Å²) in [5, 5.41) is 14.9. The van der Waals surface area contributed by atoms with Crippen molar-refractivity contribution in [1.82, 2.24) is 4.98 Å². The molecule has 0 aliphatic heterocycles. The van der Waals surface area contributed by atoms with E-state index in [1.165, 1.54) is 12.3 Å². The van der Waals surface area contributed by atoms with Crippen molar-refractivity contribution < 1.29 is 13.3 Å². The van der Waals surface area contributed by atoms with E-state index in [4.69, 9.17) is 0 Å². The van der Waals surface area contributed by atoms with E-state index in [2.05, 4.69) is 10.3 Å². The van der Waals surface area contributed by atoms with Gasteiger partial charge in [-0.15, -0.1) is 0 Å². The van der Waals surface area contributed by atoms with Gasteiger partial charge in [0.25, 0.3) is 5.69 Å². The summed E-state index contributed by atoms with van der Waals surface area (Å²) in [7, 11) is -3.24. The maximum Gasteiger partial charge on any atom is 0.278 e. The Balaban J connectivity index is 1.94. The number of hydrogen-bond donors (Lipinski definition) is 1. The highest BCUT2D eigenvalue weighted by Gasteiger charge is 2.16. The van der Waals surface area contributed by atoms with Crippen molar-refractivity contribution in [3.05, 3.63) is 70.4 Å². The Bertz CT molecular complexity index is 1080. The van der Waals surface area contributed by atoms with E-state index < -0.39 is 14.8 Å². The first-order chi connectivity index (χ1) is 12.3. The second kappa shape index (κ2) is 6.72. The van der Waals surface area contributed by atoms with Crippen molar-refractivity contribution in [3.8, 4) is 0 Å². The van der Waals surface area contributed by atoms with Crippen molar-refractivity contribution in [2.24, 2.45) is 0 Å². The third-order valence-corrected chi connectivity index (χ3v) is 5.25. The van der Waals surface area contributed by atoms with Crippen molar-refractivity contribution in [2.75, 3.05) is 11.6 Å². The summed E-state index contributed by atoms with van der Waals surface area (Å²) < 4.78 is 23.1. The Hall–Kier alpha value is -3.00. The number of anilines is 1. The maximum atomic E-state index is 11.6. The largest absolute Gasteiger partial charge is 0.377 e. The van der Waals surface area contributed by atoms with Crippen LogP contribution in [-0.4, -0.2) is 24.6 Å². The number of sulfone groups is 1. The molecular formula is C18H17N3O4S. The molecule has 3 rings (SSSR count). The lowest BCUT2D eigenvalue weighted by Gasteiger charge is -2.17. The zero-order valence-electron chi connectivity index (χ0n) is 14.2. The predicted octanol–water partition coefficient (Wildman–Crippen LogP) is 3.72. The van der Waals surface area contributed by atoms with Gasteiger partial charge in [0.05, 0.1) is 20.9 Å². The van der Waals surface area contributed by atoms with E-state index in [9.17, 15) is 18.5 Å². The van der Waals surface area contributed by atoms with Crippen molar-refractivity contribution >= 4 is 32.1 Å². The van der Waals surface area contributed by atoms with E-state index in [0.29, 0.717) is 16.6 Å². The Kier molecular flexibility index (Phi) is 4.60. The summed E-state index contributed by atoms with van der Waals surface area (Å²) in [4.78, 5) is 15.3. The molecular weight excluding hydrogens is 354 g/mol. The molecule has 0 bridgehead atoms. The van der Waals surface area contributed by atoms with Gasteiger partial charge in [-0.3, -0.25) is 15.1 Å². The molecule has 1 aromatic heterocycles. The second-order valence-electron chi connectivity index (χ2n) is 6.00. The standard InChI is InChI=1S/C18H17N3O4S/c1-12(13-5-7-14(8-6-13)26(2,24)25)20-16-9-10-17(21(22)23)15-4-3-11-19-18(15)16/h3-12,20H,1-2H3. The number of nitro groups is 1. The quantitative estimate of drug-likeness (QED) is 0.542. The molecule has 1 heterocycles. The highest BCUT2D eigenvalue weighted by molar-refractivity contribution is 7.90. The van der Waals surface area contributed by atoms with Crippen LogP contribution in [0.25, 0.3) is 10.9 Å². The molecule has 26 heavy (non-hydrogen) atoms. The van der Waals surface area contributed by atoms with Gasteiger partial charge in [-0.05, 0) is 42.8 Å². The second-order valence-corrected chi connectivity index (χ2v) is 8.01. The normalized spacial score (nSPS) is 12.7. The van der Waals surface area contributed by atoms with Crippen LogP contribution >= 0.6 is 0 Å². The number of rotatable bonds is 5. The van der Waals surface area contributed by atoms with Crippen LogP contribution in [0.4, 0.5) is 11.4 Å². The Morgan fingerprint density at radius 3 is 2.42 bits per heavy atom. The molecule has 0 fully saturated rings. The molecule has 0 saturated heterocycles. The van der Waals surface area contributed by atoms with Crippen LogP contribution in [0.5, 0.6) is 0 Å². The molecule has 0 aliphatic rings. The van der Waals surface area contributed by atoms with Gasteiger partial charge < -0.3 is 5.32 Å². The van der Waals surface area contributed by atoms with Crippen molar-refractivity contribution in [3.63, 3.8) is 0 Å². The minimum Gasteiger partial charge on any atom is -0.377 e. The maximum absolute atomic E-state index is 11.6. The Morgan fingerprint density at radius 2 is 1.81 bits per heavy atom. The summed E-state index contributed by atoms with van der Waals surface area (Å²) in [5.74, 6) is 0. The Labute approximate surface area is 150 Å². The van der Waals surface area contributed by atoms with Gasteiger partial charge in [-0.2, -0.15) is 0 Å². The SMILES string of the molecule is CC(Nc1ccc([N+](=O)[O-])c2cccnc12)c1ccc(S(C)(=O)=O)cc1. The van der Waals surface area contributed by atoms with Gasteiger partial charge in [0.15, 0.2) is 9.84 Å². The first-order valence-corrected chi connectivity index (χ1v) is 9.75. The molecule has 2 aromatic carbocycles. The molecule has 0 spiro atoms. The van der Waals surface area contributed by atoms with Gasteiger partial charge in [-0.1, -0.05) is 12.1 Å². The van der Waals surface area contributed by atoms with Gasteiger partial charge >= 0.3 is 0 Å². The van der Waals surface area contributed by atoms with Gasteiger partial charge in [0, 0.05) is 24.6 Å². The Morgan fingerprint density at radius 1 is 1.12 bits per heavy atom. The topological polar surface area (TPSA) is 102 Å². The minimum absolute atomic E-state index is 0.00353. The van der Waals surface area contributed by atoms with Crippen molar-refractivity contribution in [1.29, 1.82) is 0 Å². The van der Waals surface area contributed by atoms with Crippen LogP contribution in [0.15, 0.2) is 59.6 Å². The van der Waals surface area contributed by atoms with Crippen LogP contribution in [0, 0.1) is 10.1 Å². The lowest BCUT2D eigenvalue weighted by molar-refractivity contribution is -0.383. The number of nitro benzene ring substituents is 1. The molecule has 1 unspecified atom stereocenters. The fraction of sp³-hybridized carbons (Fsp3) is 0.167. The van der Waals surface area contributed by atoms with Gasteiger partial charge in [0.2, 0.25) is 0 Å². The lowest BCUT2D eigenvalue weighted by Crippen LogP contribution is -2.08. The molecule has 0 aliphatic carbocycles. The molecule has 1 atom stereocenters. The molecule has 8 heteroatoms. The zero-order valence-corrected chi connectivity index (χ0v) is 15.0. The third kappa shape index (κ3) is 3.50. The van der Waals surface area contributed by atoms with Crippen molar-refractivity contribution in [2.45, 2.75) is 17.9 Å². The summed E-state index contributed by atoms with van der Waals surface area (Å²) in [6.07, 6.45) is 2.75. The van der Waals surface area contributed by atoms with Crippen LogP contribution in [-0.2, 0) is 9.84 Å². The number of benzene rings is 2. The lowest BCUT2D eigenvalue weighted by atomic mass is 10.1. The first-order valence-electron chi connectivity index (χ1n) is 7.86. The van der Waals surface area contributed by atoms with Crippen LogP contribution in [0.3, 0.4) is 0 Å². The minimum atomic E-state index is -3.24. The number of non-ortho nitro benzene ring substituents is 1. The van der Waals surface area contributed by atoms with Crippen LogP contribution < -0.4 is 5.32 Å². The summed E-state index contributed by atoms with van der Waals surface area (Å²) >= 11 is 0. The number of pyridine rings is 1. The molecule has 3 aromatic rings. The number of fused-ring (bicyclic) bond motifs is 1. The highest BCUT2D eigenvalue weighted by Crippen LogP contribution is 2.31. The van der Waals surface area contributed by atoms with E-state index in [1.807, 2.05) is 6.92 Å². The first kappa shape index (κ1) is 17.8. The summed E-state index contributed by atoms with van der Waals surface area (Å²) in [6.45, 7) is 1.92. The summed E-state index contributed by atoms with van der Waals surface area (Å²) in [6, 6.07) is 12.9. The average molecular weight is 371 g/mol. The van der Waals surface area contributed by atoms with Gasteiger partial charge in [-0.25, -0.2) is 8.42 Å². The van der Waals surface area contributed by atoms with Gasteiger partial charge in [0.1, 0.15) is 5.52 Å².